The summed E-state index contributed by atoms with van der Waals surface area (Å²) in [7, 11) is 4.79. The number of benzene rings is 3. The van der Waals surface area contributed by atoms with Gasteiger partial charge >= 0.3 is 0 Å². The average Bonchev–Trinajstić information content (AvgIpc) is 3.31. The van der Waals surface area contributed by atoms with Gasteiger partial charge in [-0.15, -0.1) is 0 Å². The number of para-hydroxylation sites is 1. The van der Waals surface area contributed by atoms with Crippen molar-refractivity contribution in [1.29, 1.82) is 0 Å². The fourth-order valence-corrected chi connectivity index (χ4v) is 3.82. The third-order valence-corrected chi connectivity index (χ3v) is 5.61. The van der Waals surface area contributed by atoms with E-state index in [0.29, 0.717) is 29.2 Å². The second-order valence-corrected chi connectivity index (χ2v) is 7.75. The van der Waals surface area contributed by atoms with E-state index in [9.17, 15) is 4.79 Å². The summed E-state index contributed by atoms with van der Waals surface area (Å²) in [5.74, 6) is 1.81. The number of H-pyrrole nitrogens is 1. The Hall–Kier alpha value is -4.25. The third kappa shape index (κ3) is 5.04. The highest BCUT2D eigenvalue weighted by Crippen LogP contribution is 2.38. The summed E-state index contributed by atoms with van der Waals surface area (Å²) >= 11 is 0. The second kappa shape index (κ2) is 10.6. The maximum atomic E-state index is 12.6. The Bertz CT molecular complexity index is 1320. The number of rotatable bonds is 9. The number of ketones is 1. The molecule has 0 aliphatic rings. The SMILES string of the molecule is COc1cc(/C=C\c2ccc(C/C=C\C(=O)c3c[nH]c4ccccc34)cc2)cc(OC)c1OC. The summed E-state index contributed by atoms with van der Waals surface area (Å²) in [5, 5.41) is 0.945. The van der Waals surface area contributed by atoms with E-state index in [2.05, 4.69) is 29.2 Å². The van der Waals surface area contributed by atoms with Crippen LogP contribution in [0.2, 0.25) is 0 Å². The van der Waals surface area contributed by atoms with Crippen molar-refractivity contribution in [1.82, 2.24) is 4.98 Å². The van der Waals surface area contributed by atoms with Gasteiger partial charge in [-0.3, -0.25) is 4.79 Å². The van der Waals surface area contributed by atoms with E-state index in [1.54, 1.807) is 33.6 Å². The van der Waals surface area contributed by atoms with Crippen molar-refractivity contribution in [3.63, 3.8) is 0 Å². The first-order valence-electron chi connectivity index (χ1n) is 11.0. The normalized spacial score (nSPS) is 11.4. The zero-order valence-electron chi connectivity index (χ0n) is 19.5. The first-order valence-corrected chi connectivity index (χ1v) is 11.0. The molecule has 0 aliphatic heterocycles. The van der Waals surface area contributed by atoms with Gasteiger partial charge in [-0.2, -0.15) is 0 Å². The summed E-state index contributed by atoms with van der Waals surface area (Å²) in [6.07, 6.45) is 10.0. The third-order valence-electron chi connectivity index (χ3n) is 5.61. The number of ether oxygens (including phenoxy) is 3. The monoisotopic (exact) mass is 453 g/mol. The molecule has 5 heteroatoms. The lowest BCUT2D eigenvalue weighted by atomic mass is 10.1. The van der Waals surface area contributed by atoms with Crippen LogP contribution in [0.1, 0.15) is 27.0 Å². The van der Waals surface area contributed by atoms with Gasteiger partial charge in [0, 0.05) is 22.7 Å². The minimum Gasteiger partial charge on any atom is -0.493 e. The summed E-state index contributed by atoms with van der Waals surface area (Å²) in [4.78, 5) is 15.7. The Kier molecular flexibility index (Phi) is 7.13. The van der Waals surface area contributed by atoms with Crippen molar-refractivity contribution in [3.8, 4) is 17.2 Å². The minimum atomic E-state index is 0.00218. The number of allylic oxidation sites excluding steroid dienone is 2. The molecule has 4 aromatic rings. The van der Waals surface area contributed by atoms with Crippen LogP contribution in [0.4, 0.5) is 0 Å². The molecule has 1 N–H and O–H groups in total. The van der Waals surface area contributed by atoms with Crippen LogP contribution in [0.3, 0.4) is 0 Å². The van der Waals surface area contributed by atoms with E-state index in [4.69, 9.17) is 14.2 Å². The molecular formula is C29H27NO4. The molecule has 0 spiro atoms. The van der Waals surface area contributed by atoms with E-state index in [-0.39, 0.29) is 5.78 Å². The zero-order chi connectivity index (χ0) is 23.9. The van der Waals surface area contributed by atoms with Gasteiger partial charge in [0.2, 0.25) is 5.75 Å². The molecule has 1 heterocycles. The number of aromatic amines is 1. The molecule has 0 unspecified atom stereocenters. The summed E-state index contributed by atoms with van der Waals surface area (Å²) in [6, 6.07) is 19.9. The molecule has 0 amide bonds. The first-order chi connectivity index (χ1) is 16.6. The topological polar surface area (TPSA) is 60.6 Å². The van der Waals surface area contributed by atoms with E-state index in [1.165, 1.54) is 0 Å². The Labute approximate surface area is 199 Å². The molecular weight excluding hydrogens is 426 g/mol. The zero-order valence-corrected chi connectivity index (χ0v) is 19.5. The number of carbonyl (C=O) groups is 1. The van der Waals surface area contributed by atoms with E-state index >= 15 is 0 Å². The van der Waals surface area contributed by atoms with Crippen LogP contribution in [0.5, 0.6) is 17.2 Å². The molecule has 0 aliphatic carbocycles. The highest BCUT2D eigenvalue weighted by Gasteiger charge is 2.12. The van der Waals surface area contributed by atoms with Crippen molar-refractivity contribution >= 4 is 28.8 Å². The average molecular weight is 454 g/mol. The molecule has 0 bridgehead atoms. The lowest BCUT2D eigenvalue weighted by Gasteiger charge is -2.12. The van der Waals surface area contributed by atoms with Crippen molar-refractivity contribution < 1.29 is 19.0 Å². The molecule has 0 radical (unpaired) electrons. The molecule has 5 nitrogen and oxygen atoms in total. The van der Waals surface area contributed by atoms with Gasteiger partial charge in [0.05, 0.1) is 21.3 Å². The van der Waals surface area contributed by atoms with E-state index in [1.807, 2.05) is 54.6 Å². The van der Waals surface area contributed by atoms with Crippen LogP contribution >= 0.6 is 0 Å². The molecule has 172 valence electrons. The Morgan fingerprint density at radius 1 is 0.853 bits per heavy atom. The van der Waals surface area contributed by atoms with Crippen LogP contribution in [0.15, 0.2) is 79.0 Å². The second-order valence-electron chi connectivity index (χ2n) is 7.75. The van der Waals surface area contributed by atoms with Gasteiger partial charge < -0.3 is 19.2 Å². The van der Waals surface area contributed by atoms with Crippen molar-refractivity contribution in [2.45, 2.75) is 6.42 Å². The number of methoxy groups -OCH3 is 3. The largest absolute Gasteiger partial charge is 0.493 e. The van der Waals surface area contributed by atoms with E-state index < -0.39 is 0 Å². The predicted molar refractivity (Wildman–Crippen MR) is 137 cm³/mol. The number of carbonyl (C=O) groups excluding carboxylic acids is 1. The fraction of sp³-hybridized carbons (Fsp3) is 0.138. The van der Waals surface area contributed by atoms with Gasteiger partial charge in [-0.1, -0.05) is 60.7 Å². The molecule has 34 heavy (non-hydrogen) atoms. The smallest absolute Gasteiger partial charge is 0.203 e. The Balaban J connectivity index is 1.40. The van der Waals surface area contributed by atoms with Gasteiger partial charge in [-0.25, -0.2) is 0 Å². The standard InChI is InChI=1S/C29H27NO4/c1-32-27-17-22(18-28(33-2)29(27)34-3)16-15-21-13-11-20(12-14-21)7-6-10-26(31)24-19-30-25-9-5-4-8-23(24)25/h4-6,8-19,30H,7H2,1-3H3/b10-6-,16-15-. The van der Waals surface area contributed by atoms with Gasteiger partial charge in [0.1, 0.15) is 0 Å². The van der Waals surface area contributed by atoms with Crippen LogP contribution in [-0.2, 0) is 6.42 Å². The first kappa shape index (κ1) is 22.9. The van der Waals surface area contributed by atoms with Crippen molar-refractivity contribution in [3.05, 3.63) is 101 Å². The highest BCUT2D eigenvalue weighted by atomic mass is 16.5. The van der Waals surface area contributed by atoms with Crippen molar-refractivity contribution in [2.24, 2.45) is 0 Å². The van der Waals surface area contributed by atoms with Crippen LogP contribution in [-0.4, -0.2) is 32.1 Å². The maximum Gasteiger partial charge on any atom is 0.203 e. The van der Waals surface area contributed by atoms with Gasteiger partial charge in [0.15, 0.2) is 17.3 Å². The number of fused-ring (bicyclic) bond motifs is 1. The molecule has 4 rings (SSSR count). The van der Waals surface area contributed by atoms with Crippen LogP contribution < -0.4 is 14.2 Å². The number of nitrogens with one attached hydrogen (secondary N) is 1. The number of hydrogen-bond donors (Lipinski definition) is 1. The quantitative estimate of drug-likeness (QED) is 0.182. The Morgan fingerprint density at radius 2 is 1.53 bits per heavy atom. The van der Waals surface area contributed by atoms with Crippen LogP contribution in [0.25, 0.3) is 23.1 Å². The highest BCUT2D eigenvalue weighted by molar-refractivity contribution is 6.13. The molecule has 0 saturated heterocycles. The Morgan fingerprint density at radius 3 is 2.21 bits per heavy atom. The summed E-state index contributed by atoms with van der Waals surface area (Å²) < 4.78 is 16.2. The van der Waals surface area contributed by atoms with Crippen LogP contribution in [0, 0.1) is 0 Å². The molecule has 1 aromatic heterocycles. The summed E-state index contributed by atoms with van der Waals surface area (Å²) in [5.41, 5.74) is 4.80. The number of aromatic nitrogens is 1. The molecule has 0 fully saturated rings. The lowest BCUT2D eigenvalue weighted by molar-refractivity contribution is 0.104. The molecule has 3 aromatic carbocycles. The lowest BCUT2D eigenvalue weighted by Crippen LogP contribution is -1.95. The van der Waals surface area contributed by atoms with Crippen molar-refractivity contribution in [2.75, 3.05) is 21.3 Å². The van der Waals surface area contributed by atoms with Gasteiger partial charge in [-0.05, 0) is 47.4 Å². The maximum absolute atomic E-state index is 12.6. The predicted octanol–water partition coefficient (Wildman–Crippen LogP) is 6.35. The summed E-state index contributed by atoms with van der Waals surface area (Å²) in [6.45, 7) is 0. The fourth-order valence-electron chi connectivity index (χ4n) is 3.82. The molecule has 0 saturated carbocycles. The van der Waals surface area contributed by atoms with E-state index in [0.717, 1.165) is 27.6 Å². The minimum absolute atomic E-state index is 0.00218. The number of hydrogen-bond acceptors (Lipinski definition) is 4. The van der Waals surface area contributed by atoms with Gasteiger partial charge in [0.25, 0.3) is 0 Å². The molecule has 0 atom stereocenters.